The minimum Gasteiger partial charge on any atom is -0.339 e. The number of rotatable bonds is 4. The van der Waals surface area contributed by atoms with Crippen LogP contribution in [0.5, 0.6) is 0 Å². The van der Waals surface area contributed by atoms with Gasteiger partial charge in [-0.1, -0.05) is 39.0 Å². The Balaban J connectivity index is 1.73. The monoisotopic (exact) mass is 347 g/mol. The van der Waals surface area contributed by atoms with Crippen molar-refractivity contribution in [3.63, 3.8) is 0 Å². The van der Waals surface area contributed by atoms with Gasteiger partial charge < -0.3 is 10.6 Å². The zero-order chi connectivity index (χ0) is 18.7. The van der Waals surface area contributed by atoms with Gasteiger partial charge >= 0.3 is 0 Å². The van der Waals surface area contributed by atoms with E-state index in [4.69, 9.17) is 0 Å². The van der Waals surface area contributed by atoms with Gasteiger partial charge in [-0.2, -0.15) is 10.1 Å². The normalized spacial score (nSPS) is 11.3. The molecule has 0 saturated heterocycles. The largest absolute Gasteiger partial charge is 0.339 e. The molecule has 5 heteroatoms. The molecule has 0 aliphatic heterocycles. The van der Waals surface area contributed by atoms with Crippen LogP contribution in [0.25, 0.3) is 0 Å². The van der Waals surface area contributed by atoms with Crippen molar-refractivity contribution in [2.75, 3.05) is 10.6 Å². The Morgan fingerprint density at radius 3 is 2.15 bits per heavy atom. The van der Waals surface area contributed by atoms with Gasteiger partial charge in [-0.3, -0.25) is 0 Å². The summed E-state index contributed by atoms with van der Waals surface area (Å²) in [5, 5.41) is 14.6. The van der Waals surface area contributed by atoms with Gasteiger partial charge in [0.25, 0.3) is 0 Å². The van der Waals surface area contributed by atoms with Crippen molar-refractivity contribution in [2.24, 2.45) is 0 Å². The average Bonchev–Trinajstić information content (AvgIpc) is 2.58. The Morgan fingerprint density at radius 2 is 1.50 bits per heavy atom. The van der Waals surface area contributed by atoms with Crippen LogP contribution in [0.2, 0.25) is 0 Å². The van der Waals surface area contributed by atoms with Crippen molar-refractivity contribution in [1.82, 2.24) is 15.2 Å². The second-order valence-corrected chi connectivity index (χ2v) is 7.54. The molecule has 5 nitrogen and oxygen atoms in total. The molecule has 0 saturated carbocycles. The van der Waals surface area contributed by atoms with E-state index in [0.717, 1.165) is 11.4 Å². The van der Waals surface area contributed by atoms with Crippen molar-refractivity contribution in [2.45, 2.75) is 40.0 Å². The zero-order valence-corrected chi connectivity index (χ0v) is 16.0. The van der Waals surface area contributed by atoms with E-state index in [0.29, 0.717) is 11.8 Å². The molecule has 26 heavy (non-hydrogen) atoms. The Kier molecular flexibility index (Phi) is 4.89. The molecular formula is C21H25N5. The third kappa shape index (κ3) is 4.36. The third-order valence-electron chi connectivity index (χ3n) is 4.35. The summed E-state index contributed by atoms with van der Waals surface area (Å²) in [6.07, 6.45) is 1.61. The molecule has 0 radical (unpaired) electrons. The predicted molar refractivity (Wildman–Crippen MR) is 107 cm³/mol. The first-order valence-corrected chi connectivity index (χ1v) is 8.73. The maximum absolute atomic E-state index is 4.49. The fraction of sp³-hybridized carbons (Fsp3) is 0.286. The van der Waals surface area contributed by atoms with Gasteiger partial charge in [-0.05, 0) is 60.2 Å². The van der Waals surface area contributed by atoms with Crippen LogP contribution in [0.3, 0.4) is 0 Å². The number of anilines is 4. The molecule has 0 aliphatic rings. The lowest BCUT2D eigenvalue weighted by molar-refractivity contribution is 0.590. The maximum Gasteiger partial charge on any atom is 0.249 e. The first kappa shape index (κ1) is 17.9. The number of nitrogens with one attached hydrogen (secondary N) is 2. The van der Waals surface area contributed by atoms with Crippen molar-refractivity contribution >= 4 is 23.1 Å². The highest BCUT2D eigenvalue weighted by atomic mass is 15.3. The molecule has 0 unspecified atom stereocenters. The van der Waals surface area contributed by atoms with Crippen molar-refractivity contribution in [3.05, 3.63) is 65.4 Å². The fourth-order valence-electron chi connectivity index (χ4n) is 2.57. The Hall–Kier alpha value is -2.95. The predicted octanol–water partition coefficient (Wildman–Crippen LogP) is 5.27. The van der Waals surface area contributed by atoms with Crippen LogP contribution in [0.15, 0.2) is 48.7 Å². The van der Waals surface area contributed by atoms with E-state index in [2.05, 4.69) is 96.8 Å². The molecular weight excluding hydrogens is 322 g/mol. The van der Waals surface area contributed by atoms with E-state index >= 15 is 0 Å². The summed E-state index contributed by atoms with van der Waals surface area (Å²) >= 11 is 0. The summed E-state index contributed by atoms with van der Waals surface area (Å²) in [6, 6.07) is 14.5. The molecule has 2 N–H and O–H groups in total. The lowest BCUT2D eigenvalue weighted by Crippen LogP contribution is -2.10. The number of aromatic nitrogens is 3. The van der Waals surface area contributed by atoms with Gasteiger partial charge in [-0.15, -0.1) is 5.10 Å². The highest BCUT2D eigenvalue weighted by Crippen LogP contribution is 2.24. The molecule has 2 aromatic carbocycles. The lowest BCUT2D eigenvalue weighted by atomic mass is 9.87. The van der Waals surface area contributed by atoms with E-state index in [1.807, 2.05) is 6.07 Å². The van der Waals surface area contributed by atoms with Gasteiger partial charge in [0.1, 0.15) is 0 Å². The molecule has 0 atom stereocenters. The topological polar surface area (TPSA) is 62.7 Å². The van der Waals surface area contributed by atoms with Crippen LogP contribution < -0.4 is 10.6 Å². The smallest absolute Gasteiger partial charge is 0.249 e. The van der Waals surface area contributed by atoms with E-state index in [-0.39, 0.29) is 5.41 Å². The Labute approximate surface area is 154 Å². The van der Waals surface area contributed by atoms with E-state index in [1.165, 1.54) is 16.7 Å². The standard InChI is InChI=1S/C21H25N5/c1-14-6-9-18(12-15(14)2)24-20-25-19(13-22-26-20)23-17-10-7-16(8-11-17)21(3,4)5/h6-13H,1-5H3,(H2,23,24,25,26). The minimum atomic E-state index is 0.137. The quantitative estimate of drug-likeness (QED) is 0.673. The van der Waals surface area contributed by atoms with Gasteiger partial charge in [0, 0.05) is 11.4 Å². The molecule has 134 valence electrons. The van der Waals surface area contributed by atoms with Crippen molar-refractivity contribution < 1.29 is 0 Å². The fourth-order valence-corrected chi connectivity index (χ4v) is 2.57. The second-order valence-electron chi connectivity index (χ2n) is 7.54. The highest BCUT2D eigenvalue weighted by Gasteiger charge is 2.13. The number of nitrogens with zero attached hydrogens (tertiary/aromatic N) is 3. The highest BCUT2D eigenvalue weighted by molar-refractivity contribution is 5.59. The van der Waals surface area contributed by atoms with Crippen LogP contribution in [0.1, 0.15) is 37.5 Å². The number of hydrogen-bond donors (Lipinski definition) is 2. The van der Waals surface area contributed by atoms with Gasteiger partial charge in [-0.25, -0.2) is 0 Å². The number of aryl methyl sites for hydroxylation is 2. The summed E-state index contributed by atoms with van der Waals surface area (Å²) in [6.45, 7) is 10.8. The minimum absolute atomic E-state index is 0.137. The molecule has 0 bridgehead atoms. The van der Waals surface area contributed by atoms with E-state index in [1.54, 1.807) is 6.20 Å². The average molecular weight is 347 g/mol. The number of benzene rings is 2. The molecule has 1 heterocycles. The van der Waals surface area contributed by atoms with Gasteiger partial charge in [0.15, 0.2) is 5.82 Å². The van der Waals surface area contributed by atoms with Crippen LogP contribution in [-0.2, 0) is 5.41 Å². The number of hydrogen-bond acceptors (Lipinski definition) is 5. The summed E-state index contributed by atoms with van der Waals surface area (Å²) < 4.78 is 0. The Morgan fingerprint density at radius 1 is 0.808 bits per heavy atom. The van der Waals surface area contributed by atoms with Crippen molar-refractivity contribution in [3.8, 4) is 0 Å². The van der Waals surface area contributed by atoms with Crippen LogP contribution >= 0.6 is 0 Å². The molecule has 3 aromatic rings. The summed E-state index contributed by atoms with van der Waals surface area (Å²) in [4.78, 5) is 4.49. The maximum atomic E-state index is 4.49. The lowest BCUT2D eigenvalue weighted by Gasteiger charge is -2.19. The third-order valence-corrected chi connectivity index (χ3v) is 4.35. The zero-order valence-electron chi connectivity index (χ0n) is 16.0. The summed E-state index contributed by atoms with van der Waals surface area (Å²) in [5.41, 5.74) is 5.82. The molecule has 3 rings (SSSR count). The molecule has 0 fully saturated rings. The van der Waals surface area contributed by atoms with E-state index in [9.17, 15) is 0 Å². The molecule has 1 aromatic heterocycles. The molecule has 0 aliphatic carbocycles. The first-order chi connectivity index (χ1) is 12.3. The summed E-state index contributed by atoms with van der Waals surface area (Å²) in [7, 11) is 0. The van der Waals surface area contributed by atoms with Crippen LogP contribution in [0.4, 0.5) is 23.1 Å². The van der Waals surface area contributed by atoms with Crippen LogP contribution in [-0.4, -0.2) is 15.2 Å². The SMILES string of the molecule is Cc1ccc(Nc2nncc(Nc3ccc(C(C)(C)C)cc3)n2)cc1C. The van der Waals surface area contributed by atoms with Gasteiger partial charge in [0.05, 0.1) is 6.20 Å². The van der Waals surface area contributed by atoms with Gasteiger partial charge in [0.2, 0.25) is 5.95 Å². The Bertz CT molecular complexity index is 895. The van der Waals surface area contributed by atoms with E-state index < -0.39 is 0 Å². The van der Waals surface area contributed by atoms with Crippen molar-refractivity contribution in [1.29, 1.82) is 0 Å². The molecule has 0 spiro atoms. The molecule has 0 amide bonds. The second kappa shape index (κ2) is 7.12. The first-order valence-electron chi connectivity index (χ1n) is 8.73. The van der Waals surface area contributed by atoms with Crippen LogP contribution in [0, 0.1) is 13.8 Å². The summed E-state index contributed by atoms with van der Waals surface area (Å²) in [5.74, 6) is 1.11.